The Kier molecular flexibility index (Phi) is 6.47. The summed E-state index contributed by atoms with van der Waals surface area (Å²) in [6.45, 7) is -0.142. The average molecular weight is 414 g/mol. The third-order valence-electron chi connectivity index (χ3n) is 4.35. The van der Waals surface area contributed by atoms with Crippen molar-refractivity contribution in [3.63, 3.8) is 0 Å². The fraction of sp³-hybridized carbons (Fsp3) is 0.0385. The summed E-state index contributed by atoms with van der Waals surface area (Å²) in [5.74, 6) is 0.711. The van der Waals surface area contributed by atoms with Gasteiger partial charge in [-0.05, 0) is 60.7 Å². The van der Waals surface area contributed by atoms with Gasteiger partial charge in [-0.15, -0.1) is 0 Å². The Morgan fingerprint density at radius 2 is 1.03 bits per heavy atom. The van der Waals surface area contributed by atoms with Gasteiger partial charge in [0.2, 0.25) is 0 Å². The summed E-state index contributed by atoms with van der Waals surface area (Å²) in [7, 11) is -0.209. The largest absolute Gasteiger partial charge is 0.482 e. The van der Waals surface area contributed by atoms with E-state index in [2.05, 4.69) is 60.7 Å². The van der Waals surface area contributed by atoms with Crippen LogP contribution in [0.4, 0.5) is 0 Å². The molecule has 148 valence electrons. The lowest BCUT2D eigenvalue weighted by Crippen LogP contribution is -2.17. The standard InChI is InChI=1S/C26H21O3S/c27-26(29-22-10-4-1-5-11-22)20-28-21-16-18-25(19-17-21)30(23-12-6-2-7-13-23)24-14-8-3-9-15-24/h1-19H,20H2/q+1. The van der Waals surface area contributed by atoms with Gasteiger partial charge in [0.1, 0.15) is 11.5 Å². The molecule has 0 atom stereocenters. The highest BCUT2D eigenvalue weighted by molar-refractivity contribution is 7.97. The fourth-order valence-electron chi connectivity index (χ4n) is 2.99. The van der Waals surface area contributed by atoms with E-state index in [9.17, 15) is 4.79 Å². The van der Waals surface area contributed by atoms with E-state index in [4.69, 9.17) is 9.47 Å². The molecule has 0 saturated carbocycles. The first-order valence-electron chi connectivity index (χ1n) is 9.62. The van der Waals surface area contributed by atoms with E-state index in [1.54, 1.807) is 12.1 Å². The van der Waals surface area contributed by atoms with Crippen LogP contribution in [0.3, 0.4) is 0 Å². The lowest BCUT2D eigenvalue weighted by molar-refractivity contribution is -0.136. The van der Waals surface area contributed by atoms with Crippen molar-refractivity contribution in [1.29, 1.82) is 0 Å². The van der Waals surface area contributed by atoms with Crippen LogP contribution < -0.4 is 9.47 Å². The third kappa shape index (κ3) is 5.10. The topological polar surface area (TPSA) is 35.5 Å². The molecule has 0 saturated heterocycles. The Balaban J connectivity index is 1.46. The second kappa shape index (κ2) is 9.81. The zero-order valence-corrected chi connectivity index (χ0v) is 17.1. The molecule has 3 nitrogen and oxygen atoms in total. The van der Waals surface area contributed by atoms with E-state index >= 15 is 0 Å². The number of para-hydroxylation sites is 1. The molecule has 0 radical (unpaired) electrons. The lowest BCUT2D eigenvalue weighted by Gasteiger charge is -2.09. The van der Waals surface area contributed by atoms with Crippen LogP contribution in [-0.4, -0.2) is 12.6 Å². The van der Waals surface area contributed by atoms with Gasteiger partial charge in [0.15, 0.2) is 21.3 Å². The maximum atomic E-state index is 12.0. The van der Waals surface area contributed by atoms with Crippen LogP contribution in [-0.2, 0) is 15.7 Å². The fourth-order valence-corrected chi connectivity index (χ4v) is 5.07. The normalized spacial score (nSPS) is 10.6. The molecule has 0 amide bonds. The molecule has 0 fully saturated rings. The molecule has 0 aliphatic carbocycles. The molecular weight excluding hydrogens is 392 g/mol. The van der Waals surface area contributed by atoms with Crippen molar-refractivity contribution in [2.45, 2.75) is 14.7 Å². The minimum Gasteiger partial charge on any atom is -0.482 e. The van der Waals surface area contributed by atoms with E-state index in [0.717, 1.165) is 0 Å². The van der Waals surface area contributed by atoms with Gasteiger partial charge in [0.25, 0.3) is 0 Å². The number of esters is 1. The van der Waals surface area contributed by atoms with Gasteiger partial charge in [-0.2, -0.15) is 0 Å². The molecule has 0 bridgehead atoms. The van der Waals surface area contributed by atoms with E-state index in [1.807, 2.05) is 42.5 Å². The van der Waals surface area contributed by atoms with Crippen molar-refractivity contribution < 1.29 is 14.3 Å². The first-order valence-corrected chi connectivity index (χ1v) is 10.8. The summed E-state index contributed by atoms with van der Waals surface area (Å²) in [6.07, 6.45) is 0. The van der Waals surface area contributed by atoms with Gasteiger partial charge in [0.05, 0.1) is 10.9 Å². The molecule has 4 rings (SSSR count). The number of hydrogen-bond acceptors (Lipinski definition) is 3. The molecule has 0 aliphatic rings. The minimum atomic E-state index is -0.432. The average Bonchev–Trinajstić information content (AvgIpc) is 2.81. The molecule has 0 heterocycles. The van der Waals surface area contributed by atoms with Crippen molar-refractivity contribution in [2.24, 2.45) is 0 Å². The Hall–Kier alpha value is -3.50. The summed E-state index contributed by atoms with van der Waals surface area (Å²) in [5.41, 5.74) is 0. The van der Waals surface area contributed by atoms with Crippen LogP contribution in [0.15, 0.2) is 130 Å². The predicted molar refractivity (Wildman–Crippen MR) is 119 cm³/mol. The lowest BCUT2D eigenvalue weighted by atomic mass is 10.3. The molecule has 0 spiro atoms. The van der Waals surface area contributed by atoms with E-state index < -0.39 is 5.97 Å². The minimum absolute atomic E-state index is 0.142. The summed E-state index contributed by atoms with van der Waals surface area (Å²) < 4.78 is 10.9. The Labute approximate surface area is 179 Å². The van der Waals surface area contributed by atoms with Gasteiger partial charge < -0.3 is 9.47 Å². The molecule has 0 unspecified atom stereocenters. The zero-order valence-electron chi connectivity index (χ0n) is 16.3. The highest BCUT2D eigenvalue weighted by atomic mass is 32.2. The van der Waals surface area contributed by atoms with Crippen molar-refractivity contribution in [1.82, 2.24) is 0 Å². The Bertz CT molecular complexity index is 1030. The second-order valence-corrected chi connectivity index (χ2v) is 8.51. The van der Waals surface area contributed by atoms with Crippen molar-refractivity contribution in [2.75, 3.05) is 6.61 Å². The summed E-state index contributed by atoms with van der Waals surface area (Å²) >= 11 is 0. The first kappa shape index (κ1) is 19.8. The molecule has 0 N–H and O–H groups in total. The van der Waals surface area contributed by atoms with Gasteiger partial charge in [-0.25, -0.2) is 4.79 Å². The van der Waals surface area contributed by atoms with Crippen molar-refractivity contribution in [3.05, 3.63) is 115 Å². The van der Waals surface area contributed by atoms with E-state index in [1.165, 1.54) is 14.7 Å². The van der Waals surface area contributed by atoms with Crippen LogP contribution in [0.2, 0.25) is 0 Å². The Morgan fingerprint density at radius 1 is 0.567 bits per heavy atom. The summed E-state index contributed by atoms with van der Waals surface area (Å²) in [5, 5.41) is 0. The van der Waals surface area contributed by atoms with Gasteiger partial charge in [0, 0.05) is 0 Å². The molecular formula is C26H21O3S+. The second-order valence-electron chi connectivity index (χ2n) is 6.48. The zero-order chi connectivity index (χ0) is 20.6. The van der Waals surface area contributed by atoms with Crippen LogP contribution in [0.1, 0.15) is 0 Å². The highest BCUT2D eigenvalue weighted by Gasteiger charge is 2.28. The molecule has 0 aromatic heterocycles. The molecule has 4 aromatic carbocycles. The monoisotopic (exact) mass is 413 g/mol. The van der Waals surface area contributed by atoms with Crippen LogP contribution in [0, 0.1) is 0 Å². The maximum Gasteiger partial charge on any atom is 0.349 e. The highest BCUT2D eigenvalue weighted by Crippen LogP contribution is 2.31. The number of ether oxygens (including phenoxy) is 2. The first-order chi connectivity index (χ1) is 14.8. The van der Waals surface area contributed by atoms with Gasteiger partial charge in [-0.1, -0.05) is 54.6 Å². The number of hydrogen-bond donors (Lipinski definition) is 0. The molecule has 4 aromatic rings. The van der Waals surface area contributed by atoms with Crippen LogP contribution in [0.25, 0.3) is 0 Å². The van der Waals surface area contributed by atoms with E-state index in [-0.39, 0.29) is 17.5 Å². The number of benzene rings is 4. The summed E-state index contributed by atoms with van der Waals surface area (Å²) in [6, 6.07) is 37.8. The maximum absolute atomic E-state index is 12.0. The van der Waals surface area contributed by atoms with Crippen LogP contribution in [0.5, 0.6) is 11.5 Å². The molecule has 30 heavy (non-hydrogen) atoms. The van der Waals surface area contributed by atoms with Crippen LogP contribution >= 0.6 is 0 Å². The van der Waals surface area contributed by atoms with E-state index in [0.29, 0.717) is 11.5 Å². The molecule has 4 heteroatoms. The van der Waals surface area contributed by atoms with Crippen molar-refractivity contribution in [3.8, 4) is 11.5 Å². The quantitative estimate of drug-likeness (QED) is 0.219. The predicted octanol–water partition coefficient (Wildman–Crippen LogP) is 5.77. The van der Waals surface area contributed by atoms with Gasteiger partial charge >= 0.3 is 5.97 Å². The van der Waals surface area contributed by atoms with Gasteiger partial charge in [-0.3, -0.25) is 0 Å². The number of carbonyl (C=O) groups excluding carboxylic acids is 1. The third-order valence-corrected chi connectivity index (χ3v) is 6.58. The number of rotatable bonds is 7. The Morgan fingerprint density at radius 3 is 1.57 bits per heavy atom. The van der Waals surface area contributed by atoms with Crippen molar-refractivity contribution >= 4 is 16.9 Å². The summed E-state index contributed by atoms with van der Waals surface area (Å²) in [4.78, 5) is 15.7. The SMILES string of the molecule is O=C(COc1ccc([S+](c2ccccc2)c2ccccc2)cc1)Oc1ccccc1. The smallest absolute Gasteiger partial charge is 0.349 e. The molecule has 0 aliphatic heterocycles. The number of carbonyl (C=O) groups is 1.